The lowest BCUT2D eigenvalue weighted by atomic mass is 10.2. The Hall–Kier alpha value is -2.28. The summed E-state index contributed by atoms with van der Waals surface area (Å²) < 4.78 is 7.64. The first-order valence-corrected chi connectivity index (χ1v) is 6.86. The molecule has 21 heavy (non-hydrogen) atoms. The first-order chi connectivity index (χ1) is 10.1. The van der Waals surface area contributed by atoms with E-state index in [1.165, 1.54) is 10.6 Å². The highest BCUT2D eigenvalue weighted by molar-refractivity contribution is 9.10. The van der Waals surface area contributed by atoms with Gasteiger partial charge in [-0.1, -0.05) is 21.1 Å². The number of aromatic nitrogens is 1. The fraction of sp³-hybridized carbons (Fsp3) is 0.143. The molecular formula is C14H14BrN3O3. The van der Waals surface area contributed by atoms with Crippen LogP contribution in [0, 0.1) is 0 Å². The quantitative estimate of drug-likeness (QED) is 0.380. The Bertz CT molecular complexity index is 740. The SMILES string of the molecule is COc1ccc(Br)cc1Cn1cccc(/C(N)=N/O)c1=O. The van der Waals surface area contributed by atoms with Crippen LogP contribution in [0.4, 0.5) is 0 Å². The van der Waals surface area contributed by atoms with Gasteiger partial charge in [0.2, 0.25) is 0 Å². The summed E-state index contributed by atoms with van der Waals surface area (Å²) in [5.41, 5.74) is 6.14. The van der Waals surface area contributed by atoms with E-state index in [0.717, 1.165) is 10.0 Å². The van der Waals surface area contributed by atoms with Gasteiger partial charge in [0.15, 0.2) is 5.84 Å². The lowest BCUT2D eigenvalue weighted by Crippen LogP contribution is -2.30. The van der Waals surface area contributed by atoms with E-state index >= 15 is 0 Å². The van der Waals surface area contributed by atoms with Crippen LogP contribution < -0.4 is 16.0 Å². The molecule has 0 unspecified atom stereocenters. The number of hydrogen-bond donors (Lipinski definition) is 2. The Morgan fingerprint density at radius 2 is 2.24 bits per heavy atom. The van der Waals surface area contributed by atoms with Gasteiger partial charge in [0, 0.05) is 16.2 Å². The normalized spacial score (nSPS) is 11.4. The van der Waals surface area contributed by atoms with Gasteiger partial charge < -0.3 is 20.2 Å². The molecule has 1 aromatic carbocycles. The van der Waals surface area contributed by atoms with Crippen LogP contribution in [-0.4, -0.2) is 22.7 Å². The molecule has 0 aliphatic rings. The largest absolute Gasteiger partial charge is 0.496 e. The van der Waals surface area contributed by atoms with E-state index in [4.69, 9.17) is 15.7 Å². The van der Waals surface area contributed by atoms with Crippen LogP contribution in [0.25, 0.3) is 0 Å². The second kappa shape index (κ2) is 6.45. The molecule has 0 saturated heterocycles. The zero-order chi connectivity index (χ0) is 15.4. The summed E-state index contributed by atoms with van der Waals surface area (Å²) in [6.07, 6.45) is 1.64. The van der Waals surface area contributed by atoms with Crippen molar-refractivity contribution in [3.05, 3.63) is 62.5 Å². The van der Waals surface area contributed by atoms with Gasteiger partial charge in [-0.25, -0.2) is 0 Å². The summed E-state index contributed by atoms with van der Waals surface area (Å²) in [5.74, 6) is 0.467. The van der Waals surface area contributed by atoms with Crippen molar-refractivity contribution < 1.29 is 9.94 Å². The van der Waals surface area contributed by atoms with Gasteiger partial charge in [-0.2, -0.15) is 0 Å². The van der Waals surface area contributed by atoms with E-state index in [1.54, 1.807) is 19.4 Å². The number of benzene rings is 1. The molecule has 0 aliphatic heterocycles. The third-order valence-corrected chi connectivity index (χ3v) is 3.48. The molecule has 1 heterocycles. The highest BCUT2D eigenvalue weighted by atomic mass is 79.9. The van der Waals surface area contributed by atoms with Gasteiger partial charge in [0.1, 0.15) is 5.75 Å². The van der Waals surface area contributed by atoms with Gasteiger partial charge in [0.05, 0.1) is 19.2 Å². The predicted octanol–water partition coefficient (Wildman–Crippen LogP) is 1.76. The van der Waals surface area contributed by atoms with Crippen molar-refractivity contribution in [1.82, 2.24) is 4.57 Å². The molecule has 0 fully saturated rings. The summed E-state index contributed by atoms with van der Waals surface area (Å²) >= 11 is 3.39. The van der Waals surface area contributed by atoms with Gasteiger partial charge in [-0.3, -0.25) is 4.79 Å². The van der Waals surface area contributed by atoms with Crippen LogP contribution in [0.15, 0.2) is 51.0 Å². The zero-order valence-electron chi connectivity index (χ0n) is 11.3. The Morgan fingerprint density at radius 3 is 2.90 bits per heavy atom. The van der Waals surface area contributed by atoms with E-state index in [2.05, 4.69) is 21.1 Å². The van der Waals surface area contributed by atoms with E-state index in [1.807, 2.05) is 18.2 Å². The lowest BCUT2D eigenvalue weighted by Gasteiger charge is -2.11. The molecule has 7 heteroatoms. The van der Waals surface area contributed by atoms with Crippen LogP contribution in [0.5, 0.6) is 5.75 Å². The van der Waals surface area contributed by atoms with Crippen molar-refractivity contribution in [2.24, 2.45) is 10.9 Å². The number of oxime groups is 1. The highest BCUT2D eigenvalue weighted by Crippen LogP contribution is 2.23. The molecule has 110 valence electrons. The van der Waals surface area contributed by atoms with Crippen molar-refractivity contribution in [1.29, 1.82) is 0 Å². The van der Waals surface area contributed by atoms with E-state index < -0.39 is 0 Å². The molecular weight excluding hydrogens is 338 g/mol. The van der Waals surface area contributed by atoms with E-state index in [9.17, 15) is 4.79 Å². The minimum atomic E-state index is -0.338. The molecule has 2 rings (SSSR count). The standard InChI is InChI=1S/C14H14BrN3O3/c1-21-12-5-4-10(15)7-9(12)8-18-6-2-3-11(14(18)19)13(16)17-20/h2-7,20H,8H2,1H3,(H2,16,17). The van der Waals surface area contributed by atoms with Crippen molar-refractivity contribution in [3.8, 4) is 5.75 Å². The maximum Gasteiger partial charge on any atom is 0.261 e. The number of methoxy groups -OCH3 is 1. The van der Waals surface area contributed by atoms with E-state index in [0.29, 0.717) is 12.3 Å². The van der Waals surface area contributed by atoms with Crippen molar-refractivity contribution in [2.75, 3.05) is 7.11 Å². The highest BCUT2D eigenvalue weighted by Gasteiger charge is 2.10. The third kappa shape index (κ3) is 3.25. The summed E-state index contributed by atoms with van der Waals surface area (Å²) in [6, 6.07) is 8.72. The Morgan fingerprint density at radius 1 is 1.48 bits per heavy atom. The van der Waals surface area contributed by atoms with Crippen LogP contribution in [0.3, 0.4) is 0 Å². The van der Waals surface area contributed by atoms with Gasteiger partial charge in [0.25, 0.3) is 5.56 Å². The molecule has 6 nitrogen and oxygen atoms in total. The van der Waals surface area contributed by atoms with Gasteiger partial charge >= 0.3 is 0 Å². The van der Waals surface area contributed by atoms with Crippen molar-refractivity contribution in [3.63, 3.8) is 0 Å². The lowest BCUT2D eigenvalue weighted by molar-refractivity contribution is 0.318. The number of halogens is 1. The van der Waals surface area contributed by atoms with Crippen LogP contribution in [-0.2, 0) is 6.54 Å². The number of nitrogens with two attached hydrogens (primary N) is 1. The van der Waals surface area contributed by atoms with E-state index in [-0.39, 0.29) is 17.0 Å². The summed E-state index contributed by atoms with van der Waals surface area (Å²) in [4.78, 5) is 12.3. The van der Waals surface area contributed by atoms with Crippen molar-refractivity contribution in [2.45, 2.75) is 6.54 Å². The van der Waals surface area contributed by atoms with Crippen molar-refractivity contribution >= 4 is 21.8 Å². The fourth-order valence-corrected chi connectivity index (χ4v) is 2.37. The Balaban J connectivity index is 2.46. The monoisotopic (exact) mass is 351 g/mol. The molecule has 0 radical (unpaired) electrons. The smallest absolute Gasteiger partial charge is 0.261 e. The molecule has 0 bridgehead atoms. The minimum absolute atomic E-state index is 0.147. The summed E-state index contributed by atoms with van der Waals surface area (Å²) in [7, 11) is 1.57. The maximum atomic E-state index is 12.3. The first-order valence-electron chi connectivity index (χ1n) is 6.06. The predicted molar refractivity (Wildman–Crippen MR) is 83.0 cm³/mol. The van der Waals surface area contributed by atoms with Crippen LogP contribution >= 0.6 is 15.9 Å². The molecule has 0 aliphatic carbocycles. The average Bonchev–Trinajstić information content (AvgIpc) is 2.49. The first kappa shape index (κ1) is 15.1. The molecule has 1 aromatic heterocycles. The molecule has 0 spiro atoms. The molecule has 3 N–H and O–H groups in total. The number of pyridine rings is 1. The second-order valence-corrected chi connectivity index (χ2v) is 5.21. The maximum absolute atomic E-state index is 12.3. The topological polar surface area (TPSA) is 89.8 Å². The number of nitrogens with zero attached hydrogens (tertiary/aromatic N) is 2. The number of rotatable bonds is 4. The molecule has 0 amide bonds. The summed E-state index contributed by atoms with van der Waals surface area (Å²) in [5, 5.41) is 11.6. The fourth-order valence-electron chi connectivity index (χ4n) is 1.96. The Kier molecular flexibility index (Phi) is 4.64. The minimum Gasteiger partial charge on any atom is -0.496 e. The number of hydrogen-bond acceptors (Lipinski definition) is 4. The zero-order valence-corrected chi connectivity index (χ0v) is 12.9. The van der Waals surface area contributed by atoms with Gasteiger partial charge in [-0.15, -0.1) is 0 Å². The van der Waals surface area contributed by atoms with Crippen LogP contribution in [0.2, 0.25) is 0 Å². The summed E-state index contributed by atoms with van der Waals surface area (Å²) in [6.45, 7) is 0.313. The van der Waals surface area contributed by atoms with Gasteiger partial charge in [-0.05, 0) is 30.3 Å². The second-order valence-electron chi connectivity index (χ2n) is 4.30. The number of ether oxygens (including phenoxy) is 1. The molecule has 0 saturated carbocycles. The Labute approximate surface area is 129 Å². The van der Waals surface area contributed by atoms with Crippen LogP contribution in [0.1, 0.15) is 11.1 Å². The molecule has 0 atom stereocenters. The average molecular weight is 352 g/mol. The third-order valence-electron chi connectivity index (χ3n) is 2.99. The molecule has 2 aromatic rings. The number of amidine groups is 1.